The van der Waals surface area contributed by atoms with Gasteiger partial charge in [-0.3, -0.25) is 18.2 Å². The van der Waals surface area contributed by atoms with Crippen LogP contribution in [-0.4, -0.2) is 109 Å². The van der Waals surface area contributed by atoms with Crippen molar-refractivity contribution in [3.63, 3.8) is 0 Å². The fourth-order valence-corrected chi connectivity index (χ4v) is 8.08. The minimum Gasteiger partial charge on any atom is -0.387 e. The zero-order valence-corrected chi connectivity index (χ0v) is 25.4. The minimum atomic E-state index is -4.16. The number of rotatable bonds is 2. The SMILES string of the molecule is Nc1ncnc2c1ncn2[C@@H]1O[C@@H]2COP(O)(=S)O[C@@H]3[C@@H](O)[C@@H](COP(O)(=S)O[C@H]2[C@H]1O)O[C@H]3n1cnc2c(N)ncnc21. The van der Waals surface area contributed by atoms with Crippen molar-refractivity contribution in [3.8, 4) is 0 Å². The van der Waals surface area contributed by atoms with Crippen molar-refractivity contribution in [3.05, 3.63) is 25.3 Å². The molecule has 2 unspecified atom stereocenters. The predicted molar refractivity (Wildman–Crippen MR) is 154 cm³/mol. The van der Waals surface area contributed by atoms with E-state index in [0.717, 1.165) is 0 Å². The molecule has 236 valence electrons. The molecule has 3 fully saturated rings. The number of hydrogen-bond donors (Lipinski definition) is 6. The largest absolute Gasteiger partial charge is 0.387 e. The van der Waals surface area contributed by atoms with E-state index < -0.39 is 75.7 Å². The zero-order chi connectivity index (χ0) is 31.0. The fraction of sp³-hybridized carbons (Fsp3) is 0.500. The molecular formula is C20H24N10O10P2S2. The van der Waals surface area contributed by atoms with Crippen LogP contribution in [0.2, 0.25) is 0 Å². The van der Waals surface area contributed by atoms with Gasteiger partial charge in [0, 0.05) is 0 Å². The summed E-state index contributed by atoms with van der Waals surface area (Å²) in [6.07, 6.45) is -5.21. The van der Waals surface area contributed by atoms with Crippen LogP contribution in [0.15, 0.2) is 25.3 Å². The highest BCUT2D eigenvalue weighted by Gasteiger charge is 2.52. The molecule has 3 aliphatic heterocycles. The summed E-state index contributed by atoms with van der Waals surface area (Å²) >= 11 is 10.5. The molecule has 10 atom stereocenters. The van der Waals surface area contributed by atoms with Crippen molar-refractivity contribution < 1.29 is 47.6 Å². The second-order valence-corrected chi connectivity index (χ2v) is 15.5. The molecule has 0 radical (unpaired) electrons. The molecule has 0 aromatic carbocycles. The molecule has 3 aliphatic rings. The first-order chi connectivity index (χ1) is 20.9. The number of nitrogens with two attached hydrogens (primary N) is 2. The van der Waals surface area contributed by atoms with Crippen molar-refractivity contribution in [2.24, 2.45) is 0 Å². The number of anilines is 2. The average Bonchev–Trinajstić information content (AvgIpc) is 3.73. The molecular weight excluding hydrogens is 666 g/mol. The number of hydrogen-bond acceptors (Lipinski definition) is 18. The molecule has 7 heterocycles. The summed E-state index contributed by atoms with van der Waals surface area (Å²) in [5, 5.41) is 22.4. The van der Waals surface area contributed by atoms with Gasteiger partial charge in [-0.05, 0) is 23.6 Å². The predicted octanol–water partition coefficient (Wildman–Crippen LogP) is -1.40. The second-order valence-electron chi connectivity index (χ2n) is 9.95. The van der Waals surface area contributed by atoms with Crippen molar-refractivity contribution in [1.29, 1.82) is 0 Å². The monoisotopic (exact) mass is 690 g/mol. The number of nitrogen functional groups attached to an aromatic ring is 2. The van der Waals surface area contributed by atoms with Gasteiger partial charge in [0.2, 0.25) is 0 Å². The summed E-state index contributed by atoms with van der Waals surface area (Å²) in [5.41, 5.74) is 12.8. The van der Waals surface area contributed by atoms with E-state index in [2.05, 4.69) is 29.9 Å². The van der Waals surface area contributed by atoms with E-state index in [1.54, 1.807) is 0 Å². The van der Waals surface area contributed by atoms with Crippen molar-refractivity contribution in [2.45, 2.75) is 49.1 Å². The maximum absolute atomic E-state index is 11.3. The number of aliphatic hydroxyl groups is 2. The second kappa shape index (κ2) is 11.1. The Bertz CT molecular complexity index is 1830. The van der Waals surface area contributed by atoms with Gasteiger partial charge < -0.3 is 50.0 Å². The summed E-state index contributed by atoms with van der Waals surface area (Å²) in [4.78, 5) is 46.6. The van der Waals surface area contributed by atoms with Gasteiger partial charge in [0.05, 0.1) is 25.9 Å². The van der Waals surface area contributed by atoms with Crippen molar-refractivity contribution >= 4 is 71.0 Å². The van der Waals surface area contributed by atoms with E-state index in [1.165, 1.54) is 34.4 Å². The van der Waals surface area contributed by atoms with E-state index >= 15 is 0 Å². The molecule has 24 heteroatoms. The molecule has 3 saturated heterocycles. The highest BCUT2D eigenvalue weighted by molar-refractivity contribution is 8.07. The van der Waals surface area contributed by atoms with Crippen LogP contribution in [0.3, 0.4) is 0 Å². The third kappa shape index (κ3) is 5.29. The summed E-state index contributed by atoms with van der Waals surface area (Å²) in [6, 6.07) is 0. The van der Waals surface area contributed by atoms with Gasteiger partial charge >= 0.3 is 13.4 Å². The maximum Gasteiger partial charge on any atom is 0.325 e. The zero-order valence-electron chi connectivity index (χ0n) is 22.0. The van der Waals surface area contributed by atoms with Crippen molar-refractivity contribution in [2.75, 3.05) is 24.7 Å². The van der Waals surface area contributed by atoms with Gasteiger partial charge in [-0.1, -0.05) is 0 Å². The number of nitrogens with zero attached hydrogens (tertiary/aromatic N) is 8. The van der Waals surface area contributed by atoms with Crippen LogP contribution in [0.25, 0.3) is 22.3 Å². The number of aromatic nitrogens is 8. The van der Waals surface area contributed by atoms with Gasteiger partial charge in [0.15, 0.2) is 35.4 Å². The molecule has 4 aromatic rings. The quantitative estimate of drug-likeness (QED) is 0.132. The lowest BCUT2D eigenvalue weighted by atomic mass is 10.1. The number of aliphatic hydroxyl groups excluding tert-OH is 2. The lowest BCUT2D eigenvalue weighted by molar-refractivity contribution is -0.0606. The topological polar surface area (TPSA) is 276 Å². The molecule has 4 aromatic heterocycles. The molecule has 0 saturated carbocycles. The lowest BCUT2D eigenvalue weighted by Gasteiger charge is -2.28. The Balaban J connectivity index is 1.20. The molecule has 0 aliphatic carbocycles. The van der Waals surface area contributed by atoms with E-state index in [0.29, 0.717) is 0 Å². The standard InChI is InChI=1S/C20H24N10O10P2S2/c21-15-9-17(25-3-23-15)29(5-27-9)19-12(32)13-8(38-19)2-36-42(34,44)40-14-11(31)7(1-35-41(33,43)39-13)37-20(14)30-6-28-10-16(22)24-4-26-18(10)30/h3-8,11-14,19-20,31-32H,1-2H2,(H,33,43)(H,34,44)(H2,21,23,25)(H2,22,24,26)/t7-,8-,11+,12-,13-,14-,19-,20-,41?,42?/m1/s1. The van der Waals surface area contributed by atoms with Crippen LogP contribution in [0, 0.1) is 0 Å². The number of fused-ring (bicyclic) bond motifs is 5. The Kier molecular flexibility index (Phi) is 7.66. The molecule has 2 bridgehead atoms. The minimum absolute atomic E-state index is 0.103. The lowest BCUT2D eigenvalue weighted by Crippen LogP contribution is -2.36. The summed E-state index contributed by atoms with van der Waals surface area (Å²) in [7, 11) is 0. The Morgan fingerprint density at radius 2 is 1.20 bits per heavy atom. The van der Waals surface area contributed by atoms with Gasteiger partial charge in [-0.25, -0.2) is 29.9 Å². The molecule has 0 amide bonds. The highest BCUT2D eigenvalue weighted by Crippen LogP contribution is 2.54. The first-order valence-corrected chi connectivity index (χ1v) is 17.9. The summed E-state index contributed by atoms with van der Waals surface area (Å²) in [6.45, 7) is -9.28. The third-order valence-corrected chi connectivity index (χ3v) is 10.4. The van der Waals surface area contributed by atoms with Crippen LogP contribution in [0.4, 0.5) is 11.6 Å². The van der Waals surface area contributed by atoms with E-state index in [9.17, 15) is 20.0 Å². The molecule has 20 nitrogen and oxygen atoms in total. The van der Waals surface area contributed by atoms with Crippen LogP contribution in [0.5, 0.6) is 0 Å². The summed E-state index contributed by atoms with van der Waals surface area (Å²) < 4.78 is 37.5. The van der Waals surface area contributed by atoms with E-state index in [-0.39, 0.29) is 34.0 Å². The summed E-state index contributed by atoms with van der Waals surface area (Å²) in [5.74, 6) is 0.212. The van der Waals surface area contributed by atoms with E-state index in [4.69, 9.17) is 62.6 Å². The molecule has 7 rings (SSSR count). The van der Waals surface area contributed by atoms with Crippen LogP contribution >= 0.6 is 13.4 Å². The number of ether oxygens (including phenoxy) is 2. The van der Waals surface area contributed by atoms with Crippen molar-refractivity contribution in [1.82, 2.24) is 39.0 Å². The Hall–Kier alpha value is -2.40. The van der Waals surface area contributed by atoms with Crippen LogP contribution in [0.1, 0.15) is 12.5 Å². The van der Waals surface area contributed by atoms with Gasteiger partial charge in [0.1, 0.15) is 60.3 Å². The Morgan fingerprint density at radius 1 is 0.705 bits per heavy atom. The molecule has 44 heavy (non-hydrogen) atoms. The first kappa shape index (κ1) is 30.3. The maximum atomic E-state index is 11.3. The van der Waals surface area contributed by atoms with Crippen LogP contribution < -0.4 is 11.5 Å². The van der Waals surface area contributed by atoms with E-state index in [1.807, 2.05) is 0 Å². The smallest absolute Gasteiger partial charge is 0.325 e. The highest BCUT2D eigenvalue weighted by atomic mass is 32.5. The third-order valence-electron chi connectivity index (χ3n) is 7.26. The van der Waals surface area contributed by atoms with Gasteiger partial charge in [-0.15, -0.1) is 0 Å². The van der Waals surface area contributed by atoms with Gasteiger partial charge in [0.25, 0.3) is 0 Å². The number of imidazole rings is 2. The average molecular weight is 691 g/mol. The molecule has 0 spiro atoms. The molecule has 8 N–H and O–H groups in total. The first-order valence-electron chi connectivity index (χ1n) is 12.8. The normalized spacial score (nSPS) is 38.3. The Morgan fingerprint density at radius 3 is 1.80 bits per heavy atom. The van der Waals surface area contributed by atoms with Gasteiger partial charge in [-0.2, -0.15) is 0 Å². The fourth-order valence-electron chi connectivity index (χ4n) is 5.22. The Labute approximate surface area is 256 Å². The van der Waals surface area contributed by atoms with Crippen LogP contribution in [-0.2, 0) is 51.2 Å².